The molecule has 0 bridgehead atoms. The van der Waals surface area contributed by atoms with E-state index in [1.807, 2.05) is 30.1 Å². The first kappa shape index (κ1) is 23.6. The highest BCUT2D eigenvalue weighted by Gasteiger charge is 2.24. The molecule has 0 saturated carbocycles. The van der Waals surface area contributed by atoms with Crippen LogP contribution in [0.2, 0.25) is 0 Å². The number of rotatable bonds is 5. The number of hydrogen-bond donors (Lipinski definition) is 0. The van der Waals surface area contributed by atoms with Crippen LogP contribution >= 0.6 is 0 Å². The third-order valence-electron chi connectivity index (χ3n) is 6.27. The summed E-state index contributed by atoms with van der Waals surface area (Å²) in [6.07, 6.45) is 1.05. The molecule has 1 aliphatic heterocycles. The van der Waals surface area contributed by atoms with Crippen molar-refractivity contribution < 1.29 is 18.3 Å². The maximum atomic E-state index is 15.2. The van der Waals surface area contributed by atoms with Crippen LogP contribution in [0.25, 0.3) is 16.8 Å². The van der Waals surface area contributed by atoms with Crippen LogP contribution in [0.1, 0.15) is 15.9 Å². The number of carbonyl (C=O) groups is 1. The Kier molecular flexibility index (Phi) is 6.47. The number of benzene rings is 2. The first-order chi connectivity index (χ1) is 17.4. The number of halogens is 2. The molecule has 1 aliphatic rings. The van der Waals surface area contributed by atoms with Crippen molar-refractivity contribution in [3.63, 3.8) is 0 Å². The lowest BCUT2D eigenvalue weighted by molar-refractivity contribution is 0.0470. The summed E-state index contributed by atoms with van der Waals surface area (Å²) in [5.74, 6) is -1.82. The summed E-state index contributed by atoms with van der Waals surface area (Å²) in [7, 11) is 1.99. The SMILES string of the molecule is CN1CCN(c2nc3c(-c4ccc(F)cc4)cc(C(=O)OCc4ccccc4)c(=O)n3cc2F)CC1. The van der Waals surface area contributed by atoms with Gasteiger partial charge in [0.05, 0.1) is 6.20 Å². The predicted molar refractivity (Wildman–Crippen MR) is 132 cm³/mol. The number of hydrogen-bond acceptors (Lipinski definition) is 6. The normalized spacial score (nSPS) is 14.2. The molecule has 9 heteroatoms. The smallest absolute Gasteiger partial charge is 0.344 e. The molecule has 0 aliphatic carbocycles. The van der Waals surface area contributed by atoms with Gasteiger partial charge in [0.1, 0.15) is 23.6 Å². The summed E-state index contributed by atoms with van der Waals surface area (Å²) in [6.45, 7) is 2.63. The highest BCUT2D eigenvalue weighted by molar-refractivity contribution is 5.93. The fraction of sp³-hybridized carbons (Fsp3) is 0.222. The summed E-state index contributed by atoms with van der Waals surface area (Å²) >= 11 is 0. The van der Waals surface area contributed by atoms with Gasteiger partial charge in [0.25, 0.3) is 5.56 Å². The Morgan fingerprint density at radius 2 is 1.69 bits per heavy atom. The highest BCUT2D eigenvalue weighted by Crippen LogP contribution is 2.27. The number of carbonyl (C=O) groups excluding carboxylic acids is 1. The van der Waals surface area contributed by atoms with Gasteiger partial charge in [-0.3, -0.25) is 9.20 Å². The molecular weight excluding hydrogens is 466 g/mol. The number of aromatic nitrogens is 2. The van der Waals surface area contributed by atoms with E-state index < -0.39 is 23.2 Å². The monoisotopic (exact) mass is 490 g/mol. The van der Waals surface area contributed by atoms with Crippen LogP contribution in [0.3, 0.4) is 0 Å². The molecule has 1 fully saturated rings. The number of nitrogens with zero attached hydrogens (tertiary/aromatic N) is 4. The largest absolute Gasteiger partial charge is 0.457 e. The summed E-state index contributed by atoms with van der Waals surface area (Å²) in [6, 6.07) is 16.0. The zero-order valence-corrected chi connectivity index (χ0v) is 19.7. The van der Waals surface area contributed by atoms with Crippen LogP contribution < -0.4 is 10.5 Å². The van der Waals surface area contributed by atoms with Gasteiger partial charge in [0.15, 0.2) is 11.6 Å². The van der Waals surface area contributed by atoms with Gasteiger partial charge < -0.3 is 14.5 Å². The minimum Gasteiger partial charge on any atom is -0.457 e. The van der Waals surface area contributed by atoms with Crippen LogP contribution in [-0.2, 0) is 11.3 Å². The van der Waals surface area contributed by atoms with E-state index in [0.29, 0.717) is 24.2 Å². The Labute approximate surface area is 206 Å². The van der Waals surface area contributed by atoms with E-state index in [4.69, 9.17) is 4.74 Å². The van der Waals surface area contributed by atoms with Crippen molar-refractivity contribution in [2.75, 3.05) is 38.1 Å². The van der Waals surface area contributed by atoms with Crippen LogP contribution in [0, 0.1) is 11.6 Å². The Morgan fingerprint density at radius 3 is 2.39 bits per heavy atom. The molecule has 2 aromatic carbocycles. The fourth-order valence-corrected chi connectivity index (χ4v) is 4.21. The van der Waals surface area contributed by atoms with Crippen LogP contribution in [0.15, 0.2) is 71.7 Å². The van der Waals surface area contributed by atoms with E-state index in [1.165, 1.54) is 30.3 Å². The van der Waals surface area contributed by atoms with Gasteiger partial charge in [-0.2, -0.15) is 0 Å². The second-order valence-electron chi connectivity index (χ2n) is 8.74. The standard InChI is InChI=1S/C27H24F2N4O3/c1-31-11-13-32(14-12-31)25-23(29)16-33-24(30-25)21(19-7-9-20(28)10-8-19)15-22(26(33)34)27(35)36-17-18-5-3-2-4-6-18/h2-10,15-16H,11-14,17H2,1H3. The Bertz CT molecular complexity index is 1460. The second kappa shape index (κ2) is 9.87. The lowest BCUT2D eigenvalue weighted by Gasteiger charge is -2.33. The van der Waals surface area contributed by atoms with Gasteiger partial charge in [0.2, 0.25) is 0 Å². The van der Waals surface area contributed by atoms with Crippen LogP contribution in [-0.4, -0.2) is 53.5 Å². The molecular formula is C27H24F2N4O3. The first-order valence-corrected chi connectivity index (χ1v) is 11.6. The van der Waals surface area contributed by atoms with Crippen molar-refractivity contribution in [2.24, 2.45) is 0 Å². The summed E-state index contributed by atoms with van der Waals surface area (Å²) in [5.41, 5.74) is 0.823. The molecule has 7 nitrogen and oxygen atoms in total. The maximum Gasteiger partial charge on any atom is 0.344 e. The van der Waals surface area contributed by atoms with Crippen LogP contribution in [0.4, 0.5) is 14.6 Å². The molecule has 0 spiro atoms. The Morgan fingerprint density at radius 1 is 1.00 bits per heavy atom. The quantitative estimate of drug-likeness (QED) is 0.397. The topological polar surface area (TPSA) is 67.2 Å². The first-order valence-electron chi connectivity index (χ1n) is 11.6. The Hall–Kier alpha value is -4.11. The predicted octanol–water partition coefficient (Wildman–Crippen LogP) is 3.75. The van der Waals surface area contributed by atoms with Crippen LogP contribution in [0.5, 0.6) is 0 Å². The number of esters is 1. The van der Waals surface area contributed by atoms with Crippen molar-refractivity contribution in [3.8, 4) is 11.1 Å². The van der Waals surface area contributed by atoms with Gasteiger partial charge >= 0.3 is 5.97 Å². The third kappa shape index (κ3) is 4.70. The van der Waals surface area contributed by atoms with Gasteiger partial charge in [-0.05, 0) is 36.4 Å². The van der Waals surface area contributed by atoms with Crippen molar-refractivity contribution in [1.29, 1.82) is 0 Å². The number of pyridine rings is 1. The zero-order chi connectivity index (χ0) is 25.2. The molecule has 36 heavy (non-hydrogen) atoms. The maximum absolute atomic E-state index is 15.2. The third-order valence-corrected chi connectivity index (χ3v) is 6.27. The minimum absolute atomic E-state index is 0.0251. The number of piperazine rings is 1. The molecule has 0 atom stereocenters. The molecule has 0 radical (unpaired) electrons. The van der Waals surface area contributed by atoms with Gasteiger partial charge in [-0.25, -0.2) is 18.6 Å². The molecule has 2 aromatic heterocycles. The average Bonchev–Trinajstić information content (AvgIpc) is 2.89. The number of anilines is 1. The van der Waals surface area contributed by atoms with Crippen molar-refractivity contribution >= 4 is 17.4 Å². The van der Waals surface area contributed by atoms with E-state index >= 15 is 4.39 Å². The minimum atomic E-state index is -0.842. The second-order valence-corrected chi connectivity index (χ2v) is 8.74. The summed E-state index contributed by atoms with van der Waals surface area (Å²) in [5, 5.41) is 0. The van der Waals surface area contributed by atoms with Gasteiger partial charge in [-0.15, -0.1) is 0 Å². The Balaban J connectivity index is 1.61. The fourth-order valence-electron chi connectivity index (χ4n) is 4.21. The molecule has 3 heterocycles. The summed E-state index contributed by atoms with van der Waals surface area (Å²) < 4.78 is 35.3. The van der Waals surface area contributed by atoms with Crippen molar-refractivity contribution in [2.45, 2.75) is 6.61 Å². The van der Waals surface area contributed by atoms with E-state index in [1.54, 1.807) is 12.1 Å². The molecule has 0 unspecified atom stereocenters. The number of fused-ring (bicyclic) bond motifs is 1. The number of likely N-dealkylation sites (N-methyl/N-ethyl adjacent to an activating group) is 1. The van der Waals surface area contributed by atoms with E-state index in [0.717, 1.165) is 29.3 Å². The molecule has 5 rings (SSSR count). The van der Waals surface area contributed by atoms with E-state index in [9.17, 15) is 14.0 Å². The molecule has 184 valence electrons. The highest BCUT2D eigenvalue weighted by atomic mass is 19.1. The lowest BCUT2D eigenvalue weighted by Crippen LogP contribution is -2.45. The molecule has 1 saturated heterocycles. The van der Waals surface area contributed by atoms with E-state index in [2.05, 4.69) is 9.88 Å². The molecule has 0 N–H and O–H groups in total. The van der Waals surface area contributed by atoms with E-state index in [-0.39, 0.29) is 23.6 Å². The zero-order valence-electron chi connectivity index (χ0n) is 19.7. The van der Waals surface area contributed by atoms with Crippen molar-refractivity contribution in [1.82, 2.24) is 14.3 Å². The molecule has 4 aromatic rings. The van der Waals surface area contributed by atoms with Gasteiger partial charge in [0, 0.05) is 31.7 Å². The molecule has 0 amide bonds. The number of ether oxygens (including phenoxy) is 1. The lowest BCUT2D eigenvalue weighted by atomic mass is 10.0. The summed E-state index contributed by atoms with van der Waals surface area (Å²) in [4.78, 5) is 34.7. The average molecular weight is 491 g/mol. The van der Waals surface area contributed by atoms with Gasteiger partial charge in [-0.1, -0.05) is 42.5 Å². The van der Waals surface area contributed by atoms with Crippen molar-refractivity contribution in [3.05, 3.63) is 100.0 Å².